The maximum Gasteiger partial charge on any atom is 0.337 e. The molecule has 1 aliphatic heterocycles. The van der Waals surface area contributed by atoms with Gasteiger partial charge in [-0.15, -0.1) is 0 Å². The zero-order valence-corrected chi connectivity index (χ0v) is 13.3. The maximum absolute atomic E-state index is 12.3. The number of carboxylic acid groups (broad SMARTS) is 1. The number of amides is 2. The minimum atomic E-state index is -1.04. The van der Waals surface area contributed by atoms with Gasteiger partial charge in [0, 0.05) is 23.6 Å². The molecule has 5 nitrogen and oxygen atoms in total. The maximum atomic E-state index is 12.3. The number of carbonyl (C=O) groups excluding carboxylic acids is 1. The predicted octanol–water partition coefficient (Wildman–Crippen LogP) is 3.05. The summed E-state index contributed by atoms with van der Waals surface area (Å²) in [5.74, 6) is -0.149. The van der Waals surface area contributed by atoms with E-state index in [1.807, 2.05) is 18.7 Å². The molecule has 0 radical (unpaired) electrons. The van der Waals surface area contributed by atoms with Gasteiger partial charge in [-0.3, -0.25) is 0 Å². The van der Waals surface area contributed by atoms with Gasteiger partial charge in [0.1, 0.15) is 0 Å². The molecule has 2 rings (SSSR count). The van der Waals surface area contributed by atoms with E-state index in [1.54, 1.807) is 23.1 Å². The molecule has 1 fully saturated rings. The number of carboxylic acids is 1. The van der Waals surface area contributed by atoms with Crippen molar-refractivity contribution in [2.24, 2.45) is 0 Å². The molecule has 0 unspecified atom stereocenters. The second-order valence-electron chi connectivity index (χ2n) is 5.81. The highest BCUT2D eigenvalue weighted by atomic mass is 32.2. The largest absolute Gasteiger partial charge is 0.478 e. The molecule has 1 aromatic rings. The van der Waals surface area contributed by atoms with E-state index in [1.165, 1.54) is 0 Å². The van der Waals surface area contributed by atoms with Crippen LogP contribution in [-0.2, 0) is 0 Å². The van der Waals surface area contributed by atoms with Gasteiger partial charge in [-0.2, -0.15) is 11.8 Å². The number of hydrogen-bond donors (Lipinski definition) is 2. The van der Waals surface area contributed by atoms with Gasteiger partial charge in [-0.05, 0) is 32.9 Å². The second kappa shape index (κ2) is 5.97. The lowest BCUT2D eigenvalue weighted by atomic mass is 10.1. The first-order valence-corrected chi connectivity index (χ1v) is 7.81. The lowest BCUT2D eigenvalue weighted by Crippen LogP contribution is -2.47. The van der Waals surface area contributed by atoms with Crippen LogP contribution in [0.3, 0.4) is 0 Å². The third kappa shape index (κ3) is 3.91. The minimum Gasteiger partial charge on any atom is -0.478 e. The summed E-state index contributed by atoms with van der Waals surface area (Å²) < 4.78 is 0.0263. The van der Waals surface area contributed by atoms with Crippen LogP contribution in [0.1, 0.15) is 29.8 Å². The van der Waals surface area contributed by atoms with Gasteiger partial charge < -0.3 is 15.3 Å². The Balaban J connectivity index is 2.14. The summed E-state index contributed by atoms with van der Waals surface area (Å²) in [5.41, 5.74) is 1.31. The highest BCUT2D eigenvalue weighted by Crippen LogP contribution is 2.30. The number of benzene rings is 1. The molecule has 114 valence electrons. The van der Waals surface area contributed by atoms with Crippen LogP contribution in [0, 0.1) is 6.92 Å². The topological polar surface area (TPSA) is 69.6 Å². The standard InChI is InChI=1S/C15H20N2O3S/c1-10-4-5-12(11(8-10)13(18)19)16-14(20)17-6-7-21-15(2,3)9-17/h4-5,8H,6-7,9H2,1-3H3,(H,16,20)(H,18,19). The summed E-state index contributed by atoms with van der Waals surface area (Å²) in [6, 6.07) is 4.75. The van der Waals surface area contributed by atoms with E-state index >= 15 is 0 Å². The Hall–Kier alpha value is -1.69. The van der Waals surface area contributed by atoms with Gasteiger partial charge in [0.2, 0.25) is 0 Å². The Bertz CT molecular complexity index is 572. The average molecular weight is 308 g/mol. The molecule has 6 heteroatoms. The summed E-state index contributed by atoms with van der Waals surface area (Å²) in [5, 5.41) is 12.0. The van der Waals surface area contributed by atoms with Gasteiger partial charge >= 0.3 is 12.0 Å². The average Bonchev–Trinajstić information content (AvgIpc) is 2.39. The molecule has 1 aromatic carbocycles. The fourth-order valence-corrected chi connectivity index (χ4v) is 3.44. The van der Waals surface area contributed by atoms with Crippen molar-refractivity contribution in [1.82, 2.24) is 4.90 Å². The van der Waals surface area contributed by atoms with E-state index in [0.717, 1.165) is 11.3 Å². The van der Waals surface area contributed by atoms with Crippen LogP contribution >= 0.6 is 11.8 Å². The predicted molar refractivity (Wildman–Crippen MR) is 85.3 cm³/mol. The zero-order valence-electron chi connectivity index (χ0n) is 12.5. The van der Waals surface area contributed by atoms with Gasteiger partial charge in [0.15, 0.2) is 0 Å². The Kier molecular flexibility index (Phi) is 4.46. The number of aromatic carboxylic acids is 1. The number of hydrogen-bond acceptors (Lipinski definition) is 3. The first-order chi connectivity index (χ1) is 9.78. The molecule has 0 aliphatic carbocycles. The van der Waals surface area contributed by atoms with Crippen LogP contribution in [-0.4, -0.2) is 45.6 Å². The summed E-state index contributed by atoms with van der Waals surface area (Å²) in [7, 11) is 0. The van der Waals surface area contributed by atoms with E-state index in [-0.39, 0.29) is 16.3 Å². The second-order valence-corrected chi connectivity index (χ2v) is 7.62. The Morgan fingerprint density at radius 1 is 1.38 bits per heavy atom. The molecule has 21 heavy (non-hydrogen) atoms. The van der Waals surface area contributed by atoms with Crippen LogP contribution in [0.4, 0.5) is 10.5 Å². The number of rotatable bonds is 2. The molecule has 2 amide bonds. The molecule has 1 saturated heterocycles. The Morgan fingerprint density at radius 2 is 2.10 bits per heavy atom. The lowest BCUT2D eigenvalue weighted by molar-refractivity contribution is 0.0698. The van der Waals surface area contributed by atoms with Crippen molar-refractivity contribution in [2.75, 3.05) is 24.2 Å². The van der Waals surface area contributed by atoms with Crippen molar-refractivity contribution in [3.63, 3.8) is 0 Å². The van der Waals surface area contributed by atoms with Crippen LogP contribution in [0.25, 0.3) is 0 Å². The smallest absolute Gasteiger partial charge is 0.337 e. The molecule has 0 aromatic heterocycles. The fraction of sp³-hybridized carbons (Fsp3) is 0.467. The number of aryl methyl sites for hydroxylation is 1. The first-order valence-electron chi connectivity index (χ1n) is 6.82. The number of thioether (sulfide) groups is 1. The molecule has 1 aliphatic rings. The SMILES string of the molecule is Cc1ccc(NC(=O)N2CCSC(C)(C)C2)c(C(=O)O)c1. The summed E-state index contributed by atoms with van der Waals surface area (Å²) >= 11 is 1.84. The van der Waals surface area contributed by atoms with E-state index in [4.69, 9.17) is 0 Å². The monoisotopic (exact) mass is 308 g/mol. The van der Waals surface area contributed by atoms with E-state index in [2.05, 4.69) is 19.2 Å². The van der Waals surface area contributed by atoms with Crippen molar-refractivity contribution in [2.45, 2.75) is 25.5 Å². The molecule has 0 bridgehead atoms. The molecule has 0 saturated carbocycles. The highest BCUT2D eigenvalue weighted by Gasteiger charge is 2.30. The number of carbonyl (C=O) groups is 2. The van der Waals surface area contributed by atoms with Crippen LogP contribution in [0.5, 0.6) is 0 Å². The summed E-state index contributed by atoms with van der Waals surface area (Å²) in [6.45, 7) is 7.35. The van der Waals surface area contributed by atoms with E-state index < -0.39 is 5.97 Å². The number of nitrogens with zero attached hydrogens (tertiary/aromatic N) is 1. The van der Waals surface area contributed by atoms with Gasteiger partial charge in [0.05, 0.1) is 11.3 Å². The van der Waals surface area contributed by atoms with Crippen molar-refractivity contribution >= 4 is 29.4 Å². The molecule has 0 spiro atoms. The van der Waals surface area contributed by atoms with Crippen molar-refractivity contribution in [1.29, 1.82) is 0 Å². The molecule has 1 heterocycles. The molecule has 0 atom stereocenters. The van der Waals surface area contributed by atoms with E-state index in [0.29, 0.717) is 18.8 Å². The highest BCUT2D eigenvalue weighted by molar-refractivity contribution is 8.00. The van der Waals surface area contributed by atoms with Crippen LogP contribution in [0.2, 0.25) is 0 Å². The van der Waals surface area contributed by atoms with Crippen molar-refractivity contribution in [3.8, 4) is 0 Å². The fourth-order valence-electron chi connectivity index (χ4n) is 2.33. The minimum absolute atomic E-state index is 0.0263. The third-order valence-electron chi connectivity index (χ3n) is 3.36. The summed E-state index contributed by atoms with van der Waals surface area (Å²) in [6.07, 6.45) is 0. The molecular formula is C15H20N2O3S. The summed E-state index contributed by atoms with van der Waals surface area (Å²) in [4.78, 5) is 25.3. The number of urea groups is 1. The van der Waals surface area contributed by atoms with Crippen molar-refractivity contribution < 1.29 is 14.7 Å². The number of anilines is 1. The van der Waals surface area contributed by atoms with Crippen molar-refractivity contribution in [3.05, 3.63) is 29.3 Å². The van der Waals surface area contributed by atoms with Gasteiger partial charge in [0.25, 0.3) is 0 Å². The molecule has 2 N–H and O–H groups in total. The number of nitrogens with one attached hydrogen (secondary N) is 1. The quantitative estimate of drug-likeness (QED) is 0.881. The molecular weight excluding hydrogens is 288 g/mol. The third-order valence-corrected chi connectivity index (χ3v) is 4.66. The Morgan fingerprint density at radius 3 is 2.71 bits per heavy atom. The van der Waals surface area contributed by atoms with Crippen LogP contribution in [0.15, 0.2) is 18.2 Å². The Labute approximate surface area is 128 Å². The van der Waals surface area contributed by atoms with Gasteiger partial charge in [-0.25, -0.2) is 9.59 Å². The van der Waals surface area contributed by atoms with Crippen LogP contribution < -0.4 is 5.32 Å². The first kappa shape index (κ1) is 15.7. The van der Waals surface area contributed by atoms with Gasteiger partial charge in [-0.1, -0.05) is 11.6 Å². The van der Waals surface area contributed by atoms with E-state index in [9.17, 15) is 14.7 Å². The normalized spacial score (nSPS) is 17.4. The lowest BCUT2D eigenvalue weighted by Gasteiger charge is -2.37. The zero-order chi connectivity index (χ0) is 15.6.